The zero-order valence-electron chi connectivity index (χ0n) is 13.7. The minimum Gasteiger partial charge on any atom is -0.335 e. The maximum Gasteiger partial charge on any atom is 0.246 e. The van der Waals surface area contributed by atoms with E-state index in [-0.39, 0.29) is 11.5 Å². The van der Waals surface area contributed by atoms with Gasteiger partial charge in [-0.1, -0.05) is 12.1 Å². The molecule has 3 rings (SSSR count). The van der Waals surface area contributed by atoms with Crippen LogP contribution in [0, 0.1) is 11.6 Å². The van der Waals surface area contributed by atoms with E-state index >= 15 is 0 Å². The van der Waals surface area contributed by atoms with Crippen molar-refractivity contribution in [3.05, 3.63) is 70.7 Å². The van der Waals surface area contributed by atoms with Crippen molar-refractivity contribution in [3.63, 3.8) is 0 Å². The highest BCUT2D eigenvalue weighted by Crippen LogP contribution is 2.24. The molecule has 0 fully saturated rings. The number of nitrogens with zero attached hydrogens (tertiary/aromatic N) is 2. The molecule has 1 aromatic heterocycles. The van der Waals surface area contributed by atoms with Gasteiger partial charge < -0.3 is 4.90 Å². The summed E-state index contributed by atoms with van der Waals surface area (Å²) in [5.41, 5.74) is 1.02. The first-order chi connectivity index (χ1) is 12.0. The Hall–Kier alpha value is -2.60. The maximum absolute atomic E-state index is 13.9. The van der Waals surface area contributed by atoms with Gasteiger partial charge in [0.05, 0.1) is 16.3 Å². The fourth-order valence-corrected chi connectivity index (χ4v) is 3.33. The van der Waals surface area contributed by atoms with Crippen molar-refractivity contribution in [3.8, 4) is 0 Å². The molecule has 128 valence electrons. The fraction of sp³-hybridized carbons (Fsp3) is 0.158. The molecule has 1 heterocycles. The van der Waals surface area contributed by atoms with E-state index < -0.39 is 17.7 Å². The first kappa shape index (κ1) is 17.2. The second kappa shape index (κ2) is 7.11. The first-order valence-electron chi connectivity index (χ1n) is 7.71. The lowest BCUT2D eigenvalue weighted by Gasteiger charge is -2.24. The summed E-state index contributed by atoms with van der Waals surface area (Å²) in [6.45, 7) is 1.65. The Balaban J connectivity index is 1.76. The first-order valence-corrected chi connectivity index (χ1v) is 8.53. The third-order valence-corrected chi connectivity index (χ3v) is 5.02. The molecule has 1 atom stereocenters. The summed E-state index contributed by atoms with van der Waals surface area (Å²) in [5, 5.41) is 0.715. The van der Waals surface area contributed by atoms with Gasteiger partial charge in [0.25, 0.3) is 0 Å². The lowest BCUT2D eigenvalue weighted by atomic mass is 10.1. The normalized spacial score (nSPS) is 12.6. The van der Waals surface area contributed by atoms with E-state index in [1.165, 1.54) is 22.3 Å². The molecule has 3 aromatic rings. The van der Waals surface area contributed by atoms with E-state index in [0.717, 1.165) is 28.4 Å². The Morgan fingerprint density at radius 1 is 1.24 bits per heavy atom. The van der Waals surface area contributed by atoms with Crippen LogP contribution in [-0.4, -0.2) is 22.8 Å². The molecule has 1 unspecified atom stereocenters. The number of para-hydroxylation sites is 1. The number of carbonyl (C=O) groups is 1. The average Bonchev–Trinajstić information content (AvgIpc) is 3.03. The predicted octanol–water partition coefficient (Wildman–Crippen LogP) is 4.81. The van der Waals surface area contributed by atoms with Crippen LogP contribution in [0.15, 0.2) is 48.5 Å². The summed E-state index contributed by atoms with van der Waals surface area (Å²) in [7, 11) is 1.56. The molecule has 0 aliphatic heterocycles. The smallest absolute Gasteiger partial charge is 0.246 e. The van der Waals surface area contributed by atoms with Gasteiger partial charge in [0, 0.05) is 18.7 Å². The van der Waals surface area contributed by atoms with Gasteiger partial charge in [-0.25, -0.2) is 13.8 Å². The number of benzene rings is 2. The molecule has 0 spiro atoms. The number of aromatic nitrogens is 1. The topological polar surface area (TPSA) is 33.2 Å². The number of amides is 1. The van der Waals surface area contributed by atoms with Crippen LogP contribution in [0.25, 0.3) is 16.3 Å². The van der Waals surface area contributed by atoms with Gasteiger partial charge >= 0.3 is 0 Å². The molecule has 0 saturated carbocycles. The second-order valence-electron chi connectivity index (χ2n) is 5.64. The van der Waals surface area contributed by atoms with Crippen molar-refractivity contribution < 1.29 is 13.6 Å². The Bertz CT molecular complexity index is 919. The van der Waals surface area contributed by atoms with E-state index in [1.54, 1.807) is 20.0 Å². The third-order valence-electron chi connectivity index (χ3n) is 4.02. The summed E-state index contributed by atoms with van der Waals surface area (Å²) in [5.74, 6) is -1.38. The van der Waals surface area contributed by atoms with Crippen molar-refractivity contribution in [1.82, 2.24) is 9.88 Å². The monoisotopic (exact) mass is 358 g/mol. The molecule has 6 heteroatoms. The van der Waals surface area contributed by atoms with Crippen LogP contribution in [0.3, 0.4) is 0 Å². The number of hydrogen-bond donors (Lipinski definition) is 0. The van der Waals surface area contributed by atoms with Gasteiger partial charge in [-0.2, -0.15) is 0 Å². The number of thiazole rings is 1. The zero-order chi connectivity index (χ0) is 18.0. The molecule has 0 saturated heterocycles. The number of carbonyl (C=O) groups excluding carboxylic acids is 1. The van der Waals surface area contributed by atoms with Crippen molar-refractivity contribution in [2.24, 2.45) is 0 Å². The van der Waals surface area contributed by atoms with Crippen LogP contribution in [0.5, 0.6) is 0 Å². The Labute approximate surface area is 148 Å². The second-order valence-corrected chi connectivity index (χ2v) is 6.71. The molecule has 1 amide bonds. The lowest BCUT2D eigenvalue weighted by molar-refractivity contribution is -0.126. The largest absolute Gasteiger partial charge is 0.335 e. The van der Waals surface area contributed by atoms with E-state index in [9.17, 15) is 13.6 Å². The molecule has 2 aromatic carbocycles. The van der Waals surface area contributed by atoms with Crippen LogP contribution >= 0.6 is 11.3 Å². The number of likely N-dealkylation sites (N-methyl/N-ethyl adjacent to an activating group) is 1. The summed E-state index contributed by atoms with van der Waals surface area (Å²) < 4.78 is 28.3. The van der Waals surface area contributed by atoms with E-state index in [2.05, 4.69) is 4.98 Å². The van der Waals surface area contributed by atoms with Crippen LogP contribution in [0.4, 0.5) is 8.78 Å². The Morgan fingerprint density at radius 2 is 2.00 bits per heavy atom. The van der Waals surface area contributed by atoms with Crippen molar-refractivity contribution in [1.29, 1.82) is 0 Å². The summed E-state index contributed by atoms with van der Waals surface area (Å²) in [6, 6.07) is 10.4. The van der Waals surface area contributed by atoms with Gasteiger partial charge in [0.1, 0.15) is 16.6 Å². The number of halogens is 2. The van der Waals surface area contributed by atoms with E-state index in [1.807, 2.05) is 24.3 Å². The summed E-state index contributed by atoms with van der Waals surface area (Å²) in [4.78, 5) is 18.1. The lowest BCUT2D eigenvalue weighted by Crippen LogP contribution is -2.28. The molecule has 0 radical (unpaired) electrons. The van der Waals surface area contributed by atoms with Crippen LogP contribution in [-0.2, 0) is 4.79 Å². The fourth-order valence-electron chi connectivity index (χ4n) is 2.46. The maximum atomic E-state index is 13.9. The molecule has 3 nitrogen and oxygen atoms in total. The minimum absolute atomic E-state index is 0.143. The van der Waals surface area contributed by atoms with Crippen LogP contribution in [0.2, 0.25) is 0 Å². The van der Waals surface area contributed by atoms with Crippen molar-refractivity contribution >= 4 is 33.5 Å². The molecule has 0 aliphatic rings. The zero-order valence-corrected chi connectivity index (χ0v) is 14.6. The highest BCUT2D eigenvalue weighted by Gasteiger charge is 2.19. The van der Waals surface area contributed by atoms with Crippen molar-refractivity contribution in [2.45, 2.75) is 13.0 Å². The predicted molar refractivity (Wildman–Crippen MR) is 96.2 cm³/mol. The molecule has 0 bridgehead atoms. The summed E-state index contributed by atoms with van der Waals surface area (Å²) >= 11 is 1.48. The van der Waals surface area contributed by atoms with Crippen LogP contribution in [0.1, 0.15) is 23.5 Å². The molecule has 25 heavy (non-hydrogen) atoms. The van der Waals surface area contributed by atoms with E-state index in [4.69, 9.17) is 0 Å². The quantitative estimate of drug-likeness (QED) is 0.627. The minimum atomic E-state index is -0.594. The highest BCUT2D eigenvalue weighted by molar-refractivity contribution is 7.19. The molecular formula is C19H16F2N2OS. The Kier molecular flexibility index (Phi) is 4.90. The van der Waals surface area contributed by atoms with Gasteiger partial charge in [0.2, 0.25) is 5.91 Å². The standard InChI is InChI=1S/C19H16F2N2OS/c1-12(14-11-13(20)7-8-15(14)21)23(2)19(24)10-9-18-22-16-5-3-4-6-17(16)25-18/h3-12H,1-2H3. The molecule has 0 N–H and O–H groups in total. The van der Waals surface area contributed by atoms with Gasteiger partial charge in [0.15, 0.2) is 0 Å². The van der Waals surface area contributed by atoms with E-state index in [0.29, 0.717) is 5.01 Å². The van der Waals surface area contributed by atoms with Crippen molar-refractivity contribution in [2.75, 3.05) is 7.05 Å². The molecular weight excluding hydrogens is 342 g/mol. The van der Waals surface area contributed by atoms with Gasteiger partial charge in [-0.05, 0) is 43.3 Å². The van der Waals surface area contributed by atoms with Gasteiger partial charge in [-0.15, -0.1) is 11.3 Å². The summed E-state index contributed by atoms with van der Waals surface area (Å²) in [6.07, 6.45) is 3.03. The molecule has 0 aliphatic carbocycles. The van der Waals surface area contributed by atoms with Gasteiger partial charge in [-0.3, -0.25) is 4.79 Å². The number of fused-ring (bicyclic) bond motifs is 1. The highest BCUT2D eigenvalue weighted by atomic mass is 32.1. The number of hydrogen-bond acceptors (Lipinski definition) is 3. The average molecular weight is 358 g/mol. The van der Waals surface area contributed by atoms with Crippen LogP contribution < -0.4 is 0 Å². The number of rotatable bonds is 4. The third kappa shape index (κ3) is 3.74. The SMILES string of the molecule is CC(c1cc(F)ccc1F)N(C)C(=O)C=Cc1nc2ccccc2s1. The Morgan fingerprint density at radius 3 is 2.76 bits per heavy atom.